The molecule has 0 aromatic rings. The molecule has 2 unspecified atom stereocenters. The normalized spacial score (nSPS) is 24.3. The highest BCUT2D eigenvalue weighted by molar-refractivity contribution is 5.82. The lowest BCUT2D eigenvalue weighted by molar-refractivity contribution is -0.141. The van der Waals surface area contributed by atoms with Crippen molar-refractivity contribution in [1.29, 1.82) is 0 Å². The molecule has 0 saturated heterocycles. The number of nitrogens with one attached hydrogen (secondary N) is 2. The summed E-state index contributed by atoms with van der Waals surface area (Å²) in [4.78, 5) is 21.9. The van der Waals surface area contributed by atoms with Gasteiger partial charge < -0.3 is 15.7 Å². The van der Waals surface area contributed by atoms with Crippen LogP contribution in [0.2, 0.25) is 0 Å². The second-order valence-corrected chi connectivity index (χ2v) is 5.79. The minimum atomic E-state index is -0.994. The van der Waals surface area contributed by atoms with E-state index in [1.807, 2.05) is 0 Å². The fourth-order valence-electron chi connectivity index (χ4n) is 2.58. The van der Waals surface area contributed by atoms with Crippen LogP contribution in [-0.2, 0) is 9.59 Å². The third kappa shape index (κ3) is 4.29. The van der Waals surface area contributed by atoms with Gasteiger partial charge in [-0.25, -0.2) is 4.79 Å². The Balaban J connectivity index is 2.50. The molecule has 0 aromatic carbocycles. The van der Waals surface area contributed by atoms with E-state index in [4.69, 9.17) is 5.11 Å². The summed E-state index contributed by atoms with van der Waals surface area (Å²) in [5, 5.41) is 14.8. The number of carbonyl (C=O) groups excluding carboxylic acids is 1. The Hall–Kier alpha value is -1.10. The first-order chi connectivity index (χ1) is 8.33. The van der Waals surface area contributed by atoms with Crippen LogP contribution in [0.25, 0.3) is 0 Å². The molecule has 104 valence electrons. The average molecular weight is 256 g/mol. The molecule has 0 aromatic heterocycles. The molecule has 3 N–H and O–H groups in total. The first kappa shape index (κ1) is 15.0. The zero-order valence-electron chi connectivity index (χ0n) is 11.5. The lowest BCUT2D eigenvalue weighted by Gasteiger charge is -2.39. The van der Waals surface area contributed by atoms with E-state index < -0.39 is 12.0 Å². The van der Waals surface area contributed by atoms with Crippen LogP contribution in [0, 0.1) is 5.41 Å². The SMILES string of the molecule is CC(=O)NC(CNC1CCCCC1(C)C)C(=O)O. The Bertz CT molecular complexity index is 315. The molecular formula is C13H24N2O3. The molecule has 1 fully saturated rings. The van der Waals surface area contributed by atoms with Crippen LogP contribution in [0.1, 0.15) is 46.5 Å². The Morgan fingerprint density at radius 1 is 1.39 bits per heavy atom. The Kier molecular flexibility index (Phi) is 5.14. The van der Waals surface area contributed by atoms with Crippen molar-refractivity contribution in [1.82, 2.24) is 10.6 Å². The fourth-order valence-corrected chi connectivity index (χ4v) is 2.58. The summed E-state index contributed by atoms with van der Waals surface area (Å²) in [6, 6.07) is -0.526. The minimum Gasteiger partial charge on any atom is -0.480 e. The van der Waals surface area contributed by atoms with Crippen molar-refractivity contribution < 1.29 is 14.7 Å². The van der Waals surface area contributed by atoms with Crippen LogP contribution in [0.4, 0.5) is 0 Å². The van der Waals surface area contributed by atoms with Gasteiger partial charge in [0, 0.05) is 19.5 Å². The van der Waals surface area contributed by atoms with Gasteiger partial charge in [-0.3, -0.25) is 4.79 Å². The number of hydrogen-bond acceptors (Lipinski definition) is 3. The van der Waals surface area contributed by atoms with E-state index in [2.05, 4.69) is 24.5 Å². The van der Waals surface area contributed by atoms with Crippen LogP contribution in [-0.4, -0.2) is 35.6 Å². The zero-order chi connectivity index (χ0) is 13.8. The van der Waals surface area contributed by atoms with Crippen molar-refractivity contribution in [2.75, 3.05) is 6.54 Å². The molecule has 1 saturated carbocycles. The van der Waals surface area contributed by atoms with E-state index in [1.54, 1.807) is 0 Å². The van der Waals surface area contributed by atoms with E-state index in [-0.39, 0.29) is 17.9 Å². The van der Waals surface area contributed by atoms with Gasteiger partial charge in [-0.1, -0.05) is 26.7 Å². The van der Waals surface area contributed by atoms with Crippen molar-refractivity contribution in [3.63, 3.8) is 0 Å². The van der Waals surface area contributed by atoms with Gasteiger partial charge in [-0.05, 0) is 18.3 Å². The lowest BCUT2D eigenvalue weighted by atomic mass is 9.73. The highest BCUT2D eigenvalue weighted by atomic mass is 16.4. The lowest BCUT2D eigenvalue weighted by Crippen LogP contribution is -2.52. The summed E-state index contributed by atoms with van der Waals surface area (Å²) < 4.78 is 0. The molecule has 0 aliphatic heterocycles. The second kappa shape index (κ2) is 6.18. The maximum Gasteiger partial charge on any atom is 0.327 e. The van der Waals surface area contributed by atoms with Crippen LogP contribution in [0.3, 0.4) is 0 Å². The molecular weight excluding hydrogens is 232 g/mol. The van der Waals surface area contributed by atoms with E-state index in [0.717, 1.165) is 12.8 Å². The van der Waals surface area contributed by atoms with Gasteiger partial charge >= 0.3 is 5.97 Å². The molecule has 0 bridgehead atoms. The van der Waals surface area contributed by atoms with Crippen molar-refractivity contribution >= 4 is 11.9 Å². The largest absolute Gasteiger partial charge is 0.480 e. The fraction of sp³-hybridized carbons (Fsp3) is 0.846. The van der Waals surface area contributed by atoms with Crippen molar-refractivity contribution in [3.05, 3.63) is 0 Å². The second-order valence-electron chi connectivity index (χ2n) is 5.79. The molecule has 0 radical (unpaired) electrons. The molecule has 1 rings (SSSR count). The van der Waals surface area contributed by atoms with Gasteiger partial charge in [0.25, 0.3) is 0 Å². The van der Waals surface area contributed by atoms with Crippen molar-refractivity contribution in [2.45, 2.75) is 58.5 Å². The number of aliphatic carboxylic acids is 1. The van der Waals surface area contributed by atoms with E-state index in [1.165, 1.54) is 19.8 Å². The van der Waals surface area contributed by atoms with Crippen LogP contribution in [0.5, 0.6) is 0 Å². The first-order valence-electron chi connectivity index (χ1n) is 6.56. The molecule has 1 amide bonds. The molecule has 0 heterocycles. The summed E-state index contributed by atoms with van der Waals surface area (Å²) >= 11 is 0. The van der Waals surface area contributed by atoms with Crippen LogP contribution >= 0.6 is 0 Å². The Labute approximate surface area is 108 Å². The molecule has 1 aliphatic carbocycles. The van der Waals surface area contributed by atoms with E-state index in [0.29, 0.717) is 6.04 Å². The van der Waals surface area contributed by atoms with Crippen LogP contribution in [0.15, 0.2) is 0 Å². The van der Waals surface area contributed by atoms with E-state index in [9.17, 15) is 9.59 Å². The number of carbonyl (C=O) groups is 2. The summed E-state index contributed by atoms with van der Waals surface area (Å²) in [5.74, 6) is -1.31. The molecule has 1 aliphatic rings. The topological polar surface area (TPSA) is 78.4 Å². The molecule has 5 nitrogen and oxygen atoms in total. The van der Waals surface area contributed by atoms with E-state index >= 15 is 0 Å². The minimum absolute atomic E-state index is 0.192. The summed E-state index contributed by atoms with van der Waals surface area (Å²) in [5.41, 5.74) is 0.192. The third-order valence-electron chi connectivity index (χ3n) is 3.75. The van der Waals surface area contributed by atoms with Gasteiger partial charge in [-0.2, -0.15) is 0 Å². The average Bonchev–Trinajstić information content (AvgIpc) is 2.24. The number of carboxylic acid groups (broad SMARTS) is 1. The van der Waals surface area contributed by atoms with Gasteiger partial charge in [0.1, 0.15) is 6.04 Å². The smallest absolute Gasteiger partial charge is 0.327 e. The maximum atomic E-state index is 11.0. The van der Waals surface area contributed by atoms with Crippen molar-refractivity contribution in [2.24, 2.45) is 5.41 Å². The zero-order valence-corrected chi connectivity index (χ0v) is 11.5. The van der Waals surface area contributed by atoms with Gasteiger partial charge in [0.05, 0.1) is 0 Å². The summed E-state index contributed by atoms with van der Waals surface area (Å²) in [6.45, 7) is 6.03. The predicted octanol–water partition coefficient (Wildman–Crippen LogP) is 1.13. The number of carboxylic acids is 1. The number of amides is 1. The van der Waals surface area contributed by atoms with Gasteiger partial charge in [-0.15, -0.1) is 0 Å². The maximum absolute atomic E-state index is 11.0. The van der Waals surface area contributed by atoms with Crippen molar-refractivity contribution in [3.8, 4) is 0 Å². The molecule has 2 atom stereocenters. The van der Waals surface area contributed by atoms with Crippen LogP contribution < -0.4 is 10.6 Å². The molecule has 5 heteroatoms. The summed E-state index contributed by atoms with van der Waals surface area (Å²) in [7, 11) is 0. The molecule has 18 heavy (non-hydrogen) atoms. The molecule has 0 spiro atoms. The van der Waals surface area contributed by atoms with Gasteiger partial charge in [0.2, 0.25) is 5.91 Å². The van der Waals surface area contributed by atoms with Gasteiger partial charge in [0.15, 0.2) is 0 Å². The quantitative estimate of drug-likeness (QED) is 0.689. The standard InChI is InChI=1S/C13H24N2O3/c1-9(16)15-10(12(17)18)8-14-11-6-4-5-7-13(11,2)3/h10-11,14H,4-8H2,1-3H3,(H,15,16)(H,17,18). The number of hydrogen-bond donors (Lipinski definition) is 3. The highest BCUT2D eigenvalue weighted by Gasteiger charge is 2.32. The first-order valence-corrected chi connectivity index (χ1v) is 6.56. The monoisotopic (exact) mass is 256 g/mol. The summed E-state index contributed by atoms with van der Waals surface area (Å²) in [6.07, 6.45) is 4.64. The highest BCUT2D eigenvalue weighted by Crippen LogP contribution is 2.35. The predicted molar refractivity (Wildman–Crippen MR) is 69.3 cm³/mol. The number of rotatable bonds is 5. The Morgan fingerprint density at radius 2 is 2.06 bits per heavy atom. The Morgan fingerprint density at radius 3 is 2.56 bits per heavy atom. The third-order valence-corrected chi connectivity index (χ3v) is 3.75.